The minimum atomic E-state index is -0.395. The third-order valence-corrected chi connectivity index (χ3v) is 3.52. The molecular weight excluding hydrogens is 219 g/mol. The largest absolute Gasteiger partial charge is 0.392 e. The zero-order valence-corrected chi connectivity index (χ0v) is 10.1. The van der Waals surface area contributed by atoms with Crippen molar-refractivity contribution in [3.8, 4) is 0 Å². The SMILES string of the molecule is CCC1OCCC1C(O)Cc1ccc(F)cc1. The van der Waals surface area contributed by atoms with E-state index in [-0.39, 0.29) is 17.8 Å². The summed E-state index contributed by atoms with van der Waals surface area (Å²) in [6.07, 6.45) is 2.20. The lowest BCUT2D eigenvalue weighted by Crippen LogP contribution is -2.29. The van der Waals surface area contributed by atoms with Gasteiger partial charge in [-0.3, -0.25) is 0 Å². The fourth-order valence-corrected chi connectivity index (χ4v) is 2.54. The van der Waals surface area contributed by atoms with E-state index in [1.54, 1.807) is 12.1 Å². The van der Waals surface area contributed by atoms with Crippen molar-refractivity contribution in [2.45, 2.75) is 38.4 Å². The minimum Gasteiger partial charge on any atom is -0.392 e. The van der Waals surface area contributed by atoms with E-state index in [9.17, 15) is 9.50 Å². The zero-order chi connectivity index (χ0) is 12.3. The van der Waals surface area contributed by atoms with Crippen LogP contribution >= 0.6 is 0 Å². The van der Waals surface area contributed by atoms with Gasteiger partial charge in [0.15, 0.2) is 0 Å². The first-order valence-electron chi connectivity index (χ1n) is 6.24. The van der Waals surface area contributed by atoms with Crippen molar-refractivity contribution in [3.05, 3.63) is 35.6 Å². The average Bonchev–Trinajstić information content (AvgIpc) is 2.80. The summed E-state index contributed by atoms with van der Waals surface area (Å²) in [5, 5.41) is 10.2. The quantitative estimate of drug-likeness (QED) is 0.873. The lowest BCUT2D eigenvalue weighted by Gasteiger charge is -2.22. The molecule has 2 nitrogen and oxygen atoms in total. The Hall–Kier alpha value is -0.930. The lowest BCUT2D eigenvalue weighted by atomic mass is 9.89. The summed E-state index contributed by atoms with van der Waals surface area (Å²) in [5.74, 6) is -0.0241. The predicted molar refractivity (Wildman–Crippen MR) is 64.2 cm³/mol. The molecule has 1 aromatic rings. The van der Waals surface area contributed by atoms with Crippen molar-refractivity contribution in [3.63, 3.8) is 0 Å². The maximum absolute atomic E-state index is 12.8. The Morgan fingerprint density at radius 3 is 2.76 bits per heavy atom. The Kier molecular flexibility index (Phi) is 4.13. The topological polar surface area (TPSA) is 29.5 Å². The van der Waals surface area contributed by atoms with E-state index in [0.29, 0.717) is 6.42 Å². The maximum atomic E-state index is 12.8. The molecule has 1 saturated heterocycles. The van der Waals surface area contributed by atoms with Crippen LogP contribution in [0.4, 0.5) is 4.39 Å². The van der Waals surface area contributed by atoms with Crippen molar-refractivity contribution in [2.24, 2.45) is 5.92 Å². The second kappa shape index (κ2) is 5.61. The van der Waals surface area contributed by atoms with Gasteiger partial charge in [0.25, 0.3) is 0 Å². The Morgan fingerprint density at radius 1 is 1.41 bits per heavy atom. The molecule has 2 rings (SSSR count). The van der Waals surface area contributed by atoms with Gasteiger partial charge < -0.3 is 9.84 Å². The van der Waals surface area contributed by atoms with Gasteiger partial charge in [0.2, 0.25) is 0 Å². The smallest absolute Gasteiger partial charge is 0.123 e. The van der Waals surface area contributed by atoms with Crippen LogP contribution in [-0.4, -0.2) is 23.9 Å². The van der Waals surface area contributed by atoms with Crippen molar-refractivity contribution in [2.75, 3.05) is 6.61 Å². The molecule has 0 bridgehead atoms. The summed E-state index contributed by atoms with van der Waals surface area (Å²) in [5.41, 5.74) is 0.973. The van der Waals surface area contributed by atoms with E-state index in [0.717, 1.165) is 25.0 Å². The van der Waals surface area contributed by atoms with Crippen molar-refractivity contribution in [1.82, 2.24) is 0 Å². The minimum absolute atomic E-state index is 0.172. The summed E-state index contributed by atoms with van der Waals surface area (Å²) in [6, 6.07) is 6.33. The molecule has 1 aromatic carbocycles. The van der Waals surface area contributed by atoms with Gasteiger partial charge in [-0.2, -0.15) is 0 Å². The molecular formula is C14H19FO2. The van der Waals surface area contributed by atoms with Crippen molar-refractivity contribution in [1.29, 1.82) is 0 Å². The molecule has 0 spiro atoms. The van der Waals surface area contributed by atoms with Crippen molar-refractivity contribution >= 4 is 0 Å². The second-order valence-electron chi connectivity index (χ2n) is 4.67. The van der Waals surface area contributed by atoms with Crippen LogP contribution in [0.15, 0.2) is 24.3 Å². The first-order valence-corrected chi connectivity index (χ1v) is 6.24. The Balaban J connectivity index is 1.96. The van der Waals surface area contributed by atoms with Crippen LogP contribution in [0.1, 0.15) is 25.3 Å². The fourth-order valence-electron chi connectivity index (χ4n) is 2.54. The Labute approximate surface area is 101 Å². The average molecular weight is 238 g/mol. The molecule has 0 saturated carbocycles. The van der Waals surface area contributed by atoms with Crippen LogP contribution < -0.4 is 0 Å². The molecule has 0 radical (unpaired) electrons. The summed E-state index contributed by atoms with van der Waals surface area (Å²) in [6.45, 7) is 2.82. The van der Waals surface area contributed by atoms with E-state index in [1.807, 2.05) is 0 Å². The van der Waals surface area contributed by atoms with Crippen molar-refractivity contribution < 1.29 is 14.2 Å². The molecule has 1 N–H and O–H groups in total. The zero-order valence-electron chi connectivity index (χ0n) is 10.1. The van der Waals surface area contributed by atoms with E-state index >= 15 is 0 Å². The van der Waals surface area contributed by atoms with E-state index in [4.69, 9.17) is 4.74 Å². The molecule has 1 fully saturated rings. The summed E-state index contributed by atoms with van der Waals surface area (Å²) in [7, 11) is 0. The van der Waals surface area contributed by atoms with Gasteiger partial charge in [0.05, 0.1) is 12.2 Å². The second-order valence-corrected chi connectivity index (χ2v) is 4.67. The molecule has 0 amide bonds. The third-order valence-electron chi connectivity index (χ3n) is 3.52. The van der Waals surface area contributed by atoms with Crippen LogP contribution in [0.25, 0.3) is 0 Å². The standard InChI is InChI=1S/C14H19FO2/c1-2-14-12(7-8-17-14)13(16)9-10-3-5-11(15)6-4-10/h3-6,12-14,16H,2,7-9H2,1H3. The number of hydrogen-bond donors (Lipinski definition) is 1. The summed E-state index contributed by atoms with van der Waals surface area (Å²) < 4.78 is 18.3. The molecule has 0 aliphatic carbocycles. The molecule has 1 aliphatic rings. The highest BCUT2D eigenvalue weighted by molar-refractivity contribution is 5.17. The van der Waals surface area contributed by atoms with Gasteiger partial charge in [0.1, 0.15) is 5.82 Å². The highest BCUT2D eigenvalue weighted by Crippen LogP contribution is 2.28. The van der Waals surface area contributed by atoms with Crippen LogP contribution in [-0.2, 0) is 11.2 Å². The Morgan fingerprint density at radius 2 is 2.12 bits per heavy atom. The number of hydrogen-bond acceptors (Lipinski definition) is 2. The lowest BCUT2D eigenvalue weighted by molar-refractivity contribution is 0.0317. The number of benzene rings is 1. The highest BCUT2D eigenvalue weighted by atomic mass is 19.1. The highest BCUT2D eigenvalue weighted by Gasteiger charge is 2.32. The van der Waals surface area contributed by atoms with Gasteiger partial charge >= 0.3 is 0 Å². The van der Waals surface area contributed by atoms with E-state index < -0.39 is 6.10 Å². The molecule has 94 valence electrons. The van der Waals surface area contributed by atoms with Gasteiger partial charge in [-0.05, 0) is 37.0 Å². The number of aliphatic hydroxyl groups excluding tert-OH is 1. The van der Waals surface area contributed by atoms with Crippen LogP contribution in [0.3, 0.4) is 0 Å². The molecule has 1 heterocycles. The molecule has 0 aromatic heterocycles. The monoisotopic (exact) mass is 238 g/mol. The molecule has 3 unspecified atom stereocenters. The number of ether oxygens (including phenoxy) is 1. The molecule has 3 heteroatoms. The van der Waals surface area contributed by atoms with Gasteiger partial charge in [0, 0.05) is 12.5 Å². The van der Waals surface area contributed by atoms with E-state index in [1.165, 1.54) is 12.1 Å². The fraction of sp³-hybridized carbons (Fsp3) is 0.571. The maximum Gasteiger partial charge on any atom is 0.123 e. The van der Waals surface area contributed by atoms with Gasteiger partial charge in [-0.15, -0.1) is 0 Å². The van der Waals surface area contributed by atoms with E-state index in [2.05, 4.69) is 6.92 Å². The summed E-state index contributed by atoms with van der Waals surface area (Å²) in [4.78, 5) is 0. The normalized spacial score (nSPS) is 26.1. The third kappa shape index (κ3) is 3.05. The number of aliphatic hydroxyl groups is 1. The first-order chi connectivity index (χ1) is 8.20. The number of rotatable bonds is 4. The summed E-state index contributed by atoms with van der Waals surface area (Å²) >= 11 is 0. The van der Waals surface area contributed by atoms with Crippen LogP contribution in [0.5, 0.6) is 0 Å². The molecule has 17 heavy (non-hydrogen) atoms. The van der Waals surface area contributed by atoms with Crippen LogP contribution in [0.2, 0.25) is 0 Å². The predicted octanol–water partition coefficient (Wildman–Crippen LogP) is 2.54. The molecule has 1 aliphatic heterocycles. The number of halogens is 1. The van der Waals surface area contributed by atoms with Gasteiger partial charge in [-0.25, -0.2) is 4.39 Å². The van der Waals surface area contributed by atoms with Crippen LogP contribution in [0, 0.1) is 11.7 Å². The molecule has 3 atom stereocenters. The first kappa shape index (κ1) is 12.5. The van der Waals surface area contributed by atoms with Gasteiger partial charge in [-0.1, -0.05) is 19.1 Å². The Bertz CT molecular complexity index is 350.